The Morgan fingerprint density at radius 2 is 1.78 bits per heavy atom. The van der Waals surface area contributed by atoms with Gasteiger partial charge in [0, 0.05) is 43.6 Å². The first kappa shape index (κ1) is 19.0. The first-order valence-electron chi connectivity index (χ1n) is 9.16. The molecule has 3 N–H and O–H groups in total. The maximum Gasteiger partial charge on any atom is 0.251 e. The molecule has 0 aliphatic carbocycles. The summed E-state index contributed by atoms with van der Waals surface area (Å²) < 4.78 is 12.9. The Labute approximate surface area is 158 Å². The molecule has 1 aliphatic rings. The summed E-state index contributed by atoms with van der Waals surface area (Å²) in [6.45, 7) is 1.58. The predicted molar refractivity (Wildman–Crippen MR) is 102 cm³/mol. The molecule has 1 aliphatic heterocycles. The van der Waals surface area contributed by atoms with E-state index in [2.05, 4.69) is 5.32 Å². The zero-order chi connectivity index (χ0) is 19.2. The molecule has 0 aromatic heterocycles. The summed E-state index contributed by atoms with van der Waals surface area (Å²) in [5.41, 5.74) is 7.79. The van der Waals surface area contributed by atoms with Gasteiger partial charge in [0.15, 0.2) is 0 Å². The number of hydrogen-bond donors (Lipinski definition) is 2. The number of nitrogens with zero attached hydrogens (tertiary/aromatic N) is 1. The van der Waals surface area contributed by atoms with Crippen molar-refractivity contribution in [2.75, 3.05) is 19.6 Å². The third-order valence-corrected chi connectivity index (χ3v) is 4.90. The van der Waals surface area contributed by atoms with Crippen molar-refractivity contribution in [1.29, 1.82) is 0 Å². The second-order valence-electron chi connectivity index (χ2n) is 6.85. The number of nitrogens with two attached hydrogens (primary N) is 1. The molecule has 27 heavy (non-hydrogen) atoms. The Hall–Kier alpha value is -2.73. The molecule has 6 heteroatoms. The number of hydrogen-bond acceptors (Lipinski definition) is 3. The minimum absolute atomic E-state index is 0.0555. The number of nitrogens with one attached hydrogen (secondary N) is 1. The van der Waals surface area contributed by atoms with Gasteiger partial charge in [0.05, 0.1) is 0 Å². The van der Waals surface area contributed by atoms with Crippen LogP contribution in [-0.2, 0) is 4.79 Å². The SMILES string of the molecule is N[C@@H]1CN(C(=O)CCCNC(=O)c2ccc(F)cc2)C[C@H]1c1ccccc1. The topological polar surface area (TPSA) is 75.4 Å². The maximum atomic E-state index is 12.9. The van der Waals surface area contributed by atoms with Gasteiger partial charge >= 0.3 is 0 Å². The Kier molecular flexibility index (Phi) is 6.19. The Morgan fingerprint density at radius 1 is 1.07 bits per heavy atom. The normalized spacial score (nSPS) is 19.1. The Morgan fingerprint density at radius 3 is 2.48 bits per heavy atom. The van der Waals surface area contributed by atoms with E-state index in [1.807, 2.05) is 35.2 Å². The molecule has 0 radical (unpaired) electrons. The molecule has 142 valence electrons. The van der Waals surface area contributed by atoms with Gasteiger partial charge < -0.3 is 16.0 Å². The van der Waals surface area contributed by atoms with Gasteiger partial charge in [-0.3, -0.25) is 9.59 Å². The fraction of sp³-hybridized carbons (Fsp3) is 0.333. The second-order valence-corrected chi connectivity index (χ2v) is 6.85. The molecular weight excluding hydrogens is 345 g/mol. The average molecular weight is 369 g/mol. The van der Waals surface area contributed by atoms with E-state index in [0.29, 0.717) is 38.0 Å². The summed E-state index contributed by atoms with van der Waals surface area (Å²) in [5.74, 6) is -0.433. The molecule has 5 nitrogen and oxygen atoms in total. The molecule has 3 rings (SSSR count). The van der Waals surface area contributed by atoms with Gasteiger partial charge in [-0.1, -0.05) is 30.3 Å². The number of amides is 2. The van der Waals surface area contributed by atoms with Gasteiger partial charge in [0.1, 0.15) is 5.82 Å². The molecule has 0 unspecified atom stereocenters. The quantitative estimate of drug-likeness (QED) is 0.767. The van der Waals surface area contributed by atoms with E-state index in [4.69, 9.17) is 5.73 Å². The minimum atomic E-state index is -0.380. The lowest BCUT2D eigenvalue weighted by Gasteiger charge is -2.16. The Balaban J connectivity index is 1.42. The van der Waals surface area contributed by atoms with Gasteiger partial charge in [-0.15, -0.1) is 0 Å². The molecule has 2 atom stereocenters. The van der Waals surface area contributed by atoms with Crippen LogP contribution in [0.2, 0.25) is 0 Å². The molecule has 0 saturated carbocycles. The van der Waals surface area contributed by atoms with E-state index in [9.17, 15) is 14.0 Å². The Bertz CT molecular complexity index is 780. The van der Waals surface area contributed by atoms with Gasteiger partial charge in [-0.2, -0.15) is 0 Å². The van der Waals surface area contributed by atoms with E-state index in [1.54, 1.807) is 0 Å². The fourth-order valence-corrected chi connectivity index (χ4v) is 3.39. The smallest absolute Gasteiger partial charge is 0.251 e. The monoisotopic (exact) mass is 369 g/mol. The highest BCUT2D eigenvalue weighted by molar-refractivity contribution is 5.94. The molecule has 2 aromatic carbocycles. The predicted octanol–water partition coefficient (Wildman–Crippen LogP) is 2.29. The van der Waals surface area contributed by atoms with Gasteiger partial charge in [-0.25, -0.2) is 4.39 Å². The van der Waals surface area contributed by atoms with Gasteiger partial charge in [0.2, 0.25) is 5.91 Å². The zero-order valence-electron chi connectivity index (χ0n) is 15.1. The minimum Gasteiger partial charge on any atom is -0.352 e. The highest BCUT2D eigenvalue weighted by Crippen LogP contribution is 2.26. The van der Waals surface area contributed by atoms with Crippen molar-refractivity contribution >= 4 is 11.8 Å². The van der Waals surface area contributed by atoms with E-state index in [0.717, 1.165) is 5.56 Å². The number of benzene rings is 2. The van der Waals surface area contributed by atoms with Crippen molar-refractivity contribution in [1.82, 2.24) is 10.2 Å². The molecule has 0 bridgehead atoms. The van der Waals surface area contributed by atoms with Crippen molar-refractivity contribution in [3.63, 3.8) is 0 Å². The molecule has 1 heterocycles. The number of halogens is 1. The number of likely N-dealkylation sites (tertiary alicyclic amines) is 1. The third kappa shape index (κ3) is 4.92. The lowest BCUT2D eigenvalue weighted by atomic mass is 9.95. The van der Waals surface area contributed by atoms with E-state index >= 15 is 0 Å². The standard InChI is InChI=1S/C21H24FN3O2/c22-17-10-8-16(9-11-17)21(27)24-12-4-7-20(26)25-13-18(19(23)14-25)15-5-2-1-3-6-15/h1-3,5-6,8-11,18-19H,4,7,12-14,23H2,(H,24,27)/t18-,19+/m0/s1. The van der Waals surface area contributed by atoms with Crippen molar-refractivity contribution in [3.8, 4) is 0 Å². The highest BCUT2D eigenvalue weighted by atomic mass is 19.1. The first-order valence-corrected chi connectivity index (χ1v) is 9.16. The van der Waals surface area contributed by atoms with Crippen molar-refractivity contribution in [2.45, 2.75) is 24.8 Å². The van der Waals surface area contributed by atoms with Crippen LogP contribution >= 0.6 is 0 Å². The second kappa shape index (κ2) is 8.77. The third-order valence-electron chi connectivity index (χ3n) is 4.90. The molecular formula is C21H24FN3O2. The summed E-state index contributed by atoms with van der Waals surface area (Å²) in [7, 11) is 0. The van der Waals surface area contributed by atoms with Crippen molar-refractivity contribution < 1.29 is 14.0 Å². The van der Waals surface area contributed by atoms with Crippen LogP contribution in [0.25, 0.3) is 0 Å². The van der Waals surface area contributed by atoms with Crippen LogP contribution in [0.5, 0.6) is 0 Å². The summed E-state index contributed by atoms with van der Waals surface area (Å²) in [4.78, 5) is 26.2. The van der Waals surface area contributed by atoms with Crippen LogP contribution in [0.3, 0.4) is 0 Å². The van der Waals surface area contributed by atoms with Crippen LogP contribution in [0.15, 0.2) is 54.6 Å². The van der Waals surface area contributed by atoms with Gasteiger partial charge in [-0.05, 0) is 36.2 Å². The average Bonchev–Trinajstić information content (AvgIpc) is 3.08. The van der Waals surface area contributed by atoms with E-state index in [1.165, 1.54) is 24.3 Å². The van der Waals surface area contributed by atoms with Crippen LogP contribution in [0.1, 0.15) is 34.7 Å². The lowest BCUT2D eigenvalue weighted by Crippen LogP contribution is -2.32. The number of carbonyl (C=O) groups is 2. The maximum absolute atomic E-state index is 12.9. The van der Waals surface area contributed by atoms with Crippen molar-refractivity contribution in [2.24, 2.45) is 5.73 Å². The summed E-state index contributed by atoms with van der Waals surface area (Å²) >= 11 is 0. The molecule has 1 fully saturated rings. The van der Waals surface area contributed by atoms with Crippen molar-refractivity contribution in [3.05, 3.63) is 71.5 Å². The van der Waals surface area contributed by atoms with Crippen LogP contribution < -0.4 is 11.1 Å². The van der Waals surface area contributed by atoms with E-state index in [-0.39, 0.29) is 29.6 Å². The number of rotatable bonds is 6. The van der Waals surface area contributed by atoms with E-state index < -0.39 is 0 Å². The van der Waals surface area contributed by atoms with Crippen LogP contribution in [0, 0.1) is 5.82 Å². The van der Waals surface area contributed by atoms with Crippen LogP contribution in [-0.4, -0.2) is 42.4 Å². The number of carbonyl (C=O) groups excluding carboxylic acids is 2. The van der Waals surface area contributed by atoms with Crippen LogP contribution in [0.4, 0.5) is 4.39 Å². The largest absolute Gasteiger partial charge is 0.352 e. The first-order chi connectivity index (χ1) is 13.0. The molecule has 0 spiro atoms. The molecule has 1 saturated heterocycles. The van der Waals surface area contributed by atoms with Gasteiger partial charge in [0.25, 0.3) is 5.91 Å². The fourth-order valence-electron chi connectivity index (χ4n) is 3.39. The molecule has 2 aromatic rings. The summed E-state index contributed by atoms with van der Waals surface area (Å²) in [5, 5.41) is 2.75. The summed E-state index contributed by atoms with van der Waals surface area (Å²) in [6, 6.07) is 15.3. The lowest BCUT2D eigenvalue weighted by molar-refractivity contribution is -0.130. The molecule has 2 amide bonds. The summed E-state index contributed by atoms with van der Waals surface area (Å²) in [6.07, 6.45) is 0.908. The highest BCUT2D eigenvalue weighted by Gasteiger charge is 2.33. The zero-order valence-corrected chi connectivity index (χ0v) is 15.1.